The van der Waals surface area contributed by atoms with E-state index >= 15 is 0 Å². The molecule has 132 valence electrons. The predicted molar refractivity (Wildman–Crippen MR) is 97.0 cm³/mol. The van der Waals surface area contributed by atoms with Crippen molar-refractivity contribution in [3.63, 3.8) is 0 Å². The predicted octanol–water partition coefficient (Wildman–Crippen LogP) is 4.25. The lowest BCUT2D eigenvalue weighted by Gasteiger charge is -2.05. The number of carbonyl (C=O) groups is 1. The van der Waals surface area contributed by atoms with Crippen LogP contribution in [0.4, 0.5) is 10.1 Å². The first kappa shape index (κ1) is 16.5. The van der Waals surface area contributed by atoms with Crippen LogP contribution in [0.3, 0.4) is 0 Å². The van der Waals surface area contributed by atoms with E-state index in [4.69, 9.17) is 9.47 Å². The number of rotatable bonds is 5. The van der Waals surface area contributed by atoms with Crippen LogP contribution in [-0.4, -0.2) is 17.7 Å². The van der Waals surface area contributed by atoms with Crippen LogP contribution in [0.15, 0.2) is 47.8 Å². The number of fused-ring (bicyclic) bond motifs is 1. The number of benzene rings is 2. The molecule has 2 aromatic carbocycles. The van der Waals surface area contributed by atoms with Crippen molar-refractivity contribution >= 4 is 22.9 Å². The molecule has 1 amide bonds. The molecule has 0 spiro atoms. The van der Waals surface area contributed by atoms with Crippen LogP contribution in [0.2, 0.25) is 0 Å². The molecule has 2 heterocycles. The Morgan fingerprint density at radius 1 is 1.15 bits per heavy atom. The van der Waals surface area contributed by atoms with Gasteiger partial charge in [0.2, 0.25) is 12.7 Å². The van der Waals surface area contributed by atoms with Crippen LogP contribution < -0.4 is 14.8 Å². The average molecular weight is 370 g/mol. The number of carbonyl (C=O) groups excluding carboxylic acids is 1. The zero-order chi connectivity index (χ0) is 17.9. The molecule has 0 bridgehead atoms. The van der Waals surface area contributed by atoms with E-state index in [1.807, 2.05) is 5.38 Å². The van der Waals surface area contributed by atoms with E-state index in [0.29, 0.717) is 30.0 Å². The van der Waals surface area contributed by atoms with Crippen LogP contribution in [-0.2, 0) is 11.2 Å². The Kier molecular flexibility index (Phi) is 4.53. The van der Waals surface area contributed by atoms with E-state index in [1.54, 1.807) is 30.3 Å². The Hall–Kier alpha value is -2.93. The third-order valence-corrected chi connectivity index (χ3v) is 4.82. The standard InChI is InChI=1S/C19H15FN2O3S/c20-13-3-1-12(2-4-13)15-10-26-19(22-15)8-7-18(23)21-14-5-6-16-17(9-14)25-11-24-16/h1-6,9-10H,7-8,11H2,(H,21,23). The SMILES string of the molecule is O=C(CCc1nc(-c2ccc(F)cc2)cs1)Nc1ccc2c(c1)OCO2. The maximum atomic E-state index is 13.0. The summed E-state index contributed by atoms with van der Waals surface area (Å²) < 4.78 is 23.5. The summed E-state index contributed by atoms with van der Waals surface area (Å²) in [6.45, 7) is 0.202. The summed E-state index contributed by atoms with van der Waals surface area (Å²) in [5.41, 5.74) is 2.32. The molecule has 5 nitrogen and oxygen atoms in total. The zero-order valence-corrected chi connectivity index (χ0v) is 14.5. The van der Waals surface area contributed by atoms with Gasteiger partial charge in [0, 0.05) is 35.5 Å². The molecule has 7 heteroatoms. The molecule has 26 heavy (non-hydrogen) atoms. The van der Waals surface area contributed by atoms with Crippen LogP contribution in [0.25, 0.3) is 11.3 Å². The van der Waals surface area contributed by atoms with Gasteiger partial charge in [-0.2, -0.15) is 0 Å². The number of hydrogen-bond donors (Lipinski definition) is 1. The van der Waals surface area contributed by atoms with Crippen molar-refractivity contribution in [1.29, 1.82) is 0 Å². The molecule has 0 atom stereocenters. The third kappa shape index (κ3) is 3.67. The monoisotopic (exact) mass is 370 g/mol. The summed E-state index contributed by atoms with van der Waals surface area (Å²) in [7, 11) is 0. The Balaban J connectivity index is 1.34. The molecule has 1 N–H and O–H groups in total. The van der Waals surface area contributed by atoms with Gasteiger partial charge in [0.1, 0.15) is 5.82 Å². The summed E-state index contributed by atoms with van der Waals surface area (Å²) in [4.78, 5) is 16.7. The number of nitrogens with zero attached hydrogens (tertiary/aromatic N) is 1. The minimum Gasteiger partial charge on any atom is -0.454 e. The molecule has 0 saturated carbocycles. The normalized spacial score (nSPS) is 12.2. The summed E-state index contributed by atoms with van der Waals surface area (Å²) in [5, 5.41) is 5.63. The van der Waals surface area contributed by atoms with Crippen molar-refractivity contribution in [3.8, 4) is 22.8 Å². The zero-order valence-electron chi connectivity index (χ0n) is 13.7. The van der Waals surface area contributed by atoms with E-state index in [9.17, 15) is 9.18 Å². The van der Waals surface area contributed by atoms with Crippen molar-refractivity contribution in [2.24, 2.45) is 0 Å². The first-order valence-electron chi connectivity index (χ1n) is 8.07. The highest BCUT2D eigenvalue weighted by Crippen LogP contribution is 2.34. The van der Waals surface area contributed by atoms with Crippen molar-refractivity contribution in [2.45, 2.75) is 12.8 Å². The number of hydrogen-bond acceptors (Lipinski definition) is 5. The van der Waals surface area contributed by atoms with Crippen molar-refractivity contribution in [1.82, 2.24) is 4.98 Å². The molecular formula is C19H15FN2O3S. The second kappa shape index (κ2) is 7.13. The average Bonchev–Trinajstić information content (AvgIpc) is 3.29. The van der Waals surface area contributed by atoms with Gasteiger partial charge >= 0.3 is 0 Å². The molecule has 4 rings (SSSR count). The topological polar surface area (TPSA) is 60.5 Å². The number of thiazole rings is 1. The lowest BCUT2D eigenvalue weighted by atomic mass is 10.2. The molecule has 0 radical (unpaired) electrons. The summed E-state index contributed by atoms with van der Waals surface area (Å²) in [6.07, 6.45) is 0.868. The number of nitrogens with one attached hydrogen (secondary N) is 1. The highest BCUT2D eigenvalue weighted by atomic mass is 32.1. The van der Waals surface area contributed by atoms with Crippen LogP contribution in [0.1, 0.15) is 11.4 Å². The van der Waals surface area contributed by atoms with Gasteiger partial charge in [0.25, 0.3) is 0 Å². The van der Waals surface area contributed by atoms with E-state index in [0.717, 1.165) is 16.3 Å². The number of ether oxygens (including phenoxy) is 2. The molecule has 0 aliphatic carbocycles. The van der Waals surface area contributed by atoms with Crippen molar-refractivity contribution < 1.29 is 18.7 Å². The molecule has 3 aromatic rings. The number of anilines is 1. The largest absolute Gasteiger partial charge is 0.454 e. The number of halogens is 1. The van der Waals surface area contributed by atoms with Gasteiger partial charge in [-0.15, -0.1) is 11.3 Å². The molecule has 0 saturated heterocycles. The van der Waals surface area contributed by atoms with Crippen LogP contribution in [0.5, 0.6) is 11.5 Å². The van der Waals surface area contributed by atoms with Gasteiger partial charge in [0.05, 0.1) is 10.7 Å². The summed E-state index contributed by atoms with van der Waals surface area (Å²) in [5.74, 6) is 0.942. The highest BCUT2D eigenvalue weighted by Gasteiger charge is 2.14. The van der Waals surface area contributed by atoms with Gasteiger partial charge in [-0.1, -0.05) is 0 Å². The number of aryl methyl sites for hydroxylation is 1. The van der Waals surface area contributed by atoms with Crippen LogP contribution >= 0.6 is 11.3 Å². The fourth-order valence-electron chi connectivity index (χ4n) is 2.60. The van der Waals surface area contributed by atoms with Crippen molar-refractivity contribution in [3.05, 3.63) is 58.7 Å². The minimum atomic E-state index is -0.274. The Morgan fingerprint density at radius 2 is 1.96 bits per heavy atom. The molecule has 1 aromatic heterocycles. The van der Waals surface area contributed by atoms with Gasteiger partial charge in [0.15, 0.2) is 11.5 Å². The molecule has 0 fully saturated rings. The minimum absolute atomic E-state index is 0.0950. The van der Waals surface area contributed by atoms with E-state index in [2.05, 4.69) is 10.3 Å². The van der Waals surface area contributed by atoms with Crippen molar-refractivity contribution in [2.75, 3.05) is 12.1 Å². The maximum Gasteiger partial charge on any atom is 0.231 e. The first-order chi connectivity index (χ1) is 12.7. The lowest BCUT2D eigenvalue weighted by molar-refractivity contribution is -0.116. The van der Waals surface area contributed by atoms with Gasteiger partial charge in [-0.25, -0.2) is 9.37 Å². The summed E-state index contributed by atoms with van der Waals surface area (Å²) in [6, 6.07) is 11.5. The van der Waals surface area contributed by atoms with Gasteiger partial charge < -0.3 is 14.8 Å². The number of amides is 1. The van der Waals surface area contributed by atoms with Gasteiger partial charge in [-0.05, 0) is 36.4 Å². The second-order valence-corrected chi connectivity index (χ2v) is 6.69. The molecule has 1 aliphatic rings. The quantitative estimate of drug-likeness (QED) is 0.729. The fourth-order valence-corrected chi connectivity index (χ4v) is 3.40. The van der Waals surface area contributed by atoms with E-state index in [1.165, 1.54) is 23.5 Å². The molecular weight excluding hydrogens is 355 g/mol. The van der Waals surface area contributed by atoms with E-state index < -0.39 is 0 Å². The fraction of sp³-hybridized carbons (Fsp3) is 0.158. The number of aromatic nitrogens is 1. The smallest absolute Gasteiger partial charge is 0.231 e. The van der Waals surface area contributed by atoms with E-state index in [-0.39, 0.29) is 18.5 Å². The third-order valence-electron chi connectivity index (χ3n) is 3.91. The Bertz CT molecular complexity index is 940. The highest BCUT2D eigenvalue weighted by molar-refractivity contribution is 7.09. The van der Waals surface area contributed by atoms with Gasteiger partial charge in [-0.3, -0.25) is 4.79 Å². The Labute approximate surface area is 153 Å². The summed E-state index contributed by atoms with van der Waals surface area (Å²) >= 11 is 1.49. The Morgan fingerprint density at radius 3 is 2.81 bits per heavy atom. The molecule has 0 unspecified atom stereocenters. The lowest BCUT2D eigenvalue weighted by Crippen LogP contribution is -2.12. The molecule has 1 aliphatic heterocycles. The van der Waals surface area contributed by atoms with Crippen LogP contribution in [0, 0.1) is 5.82 Å². The maximum absolute atomic E-state index is 13.0. The second-order valence-electron chi connectivity index (χ2n) is 5.75. The first-order valence-corrected chi connectivity index (χ1v) is 8.95.